The molecule has 39 heavy (non-hydrogen) atoms. The first-order valence-corrected chi connectivity index (χ1v) is 13.7. The van der Waals surface area contributed by atoms with E-state index in [0.717, 1.165) is 54.7 Å². The van der Waals surface area contributed by atoms with E-state index in [9.17, 15) is 19.5 Å². The maximum absolute atomic E-state index is 13.2. The van der Waals surface area contributed by atoms with Crippen molar-refractivity contribution in [1.29, 1.82) is 0 Å². The fourth-order valence-corrected chi connectivity index (χ4v) is 6.80. The first-order chi connectivity index (χ1) is 19.0. The molecule has 2 N–H and O–H groups in total. The van der Waals surface area contributed by atoms with Crippen LogP contribution in [0.5, 0.6) is 5.75 Å². The number of aromatic nitrogens is 2. The number of aliphatic hydroxyl groups excluding tert-OH is 1. The standard InChI is InChI=1S/C29H31N5O5/c35-12-11-34-23-4-1-18(13-19(23)14-30-34)15-32-9-7-29(8-10-32)17-39-26-21-16-33(24-5-6-25(36)31-27(24)37)28(38)20(21)2-3-22(26)29/h1-4,13-14,24,35H,5-12,15-17H2,(H,31,36,37). The van der Waals surface area contributed by atoms with Crippen LogP contribution in [-0.2, 0) is 34.6 Å². The van der Waals surface area contributed by atoms with Gasteiger partial charge in [0.25, 0.3) is 5.91 Å². The summed E-state index contributed by atoms with van der Waals surface area (Å²) in [6.45, 7) is 4.26. The van der Waals surface area contributed by atoms with Crippen LogP contribution in [0.4, 0.5) is 0 Å². The van der Waals surface area contributed by atoms with Crippen LogP contribution in [0, 0.1) is 0 Å². The number of rotatable bonds is 5. The van der Waals surface area contributed by atoms with E-state index in [4.69, 9.17) is 4.74 Å². The fourth-order valence-electron chi connectivity index (χ4n) is 6.80. The number of hydrogen-bond acceptors (Lipinski definition) is 7. The third kappa shape index (κ3) is 3.92. The number of nitrogens with zero attached hydrogens (tertiary/aromatic N) is 4. The first kappa shape index (κ1) is 24.3. The monoisotopic (exact) mass is 529 g/mol. The summed E-state index contributed by atoms with van der Waals surface area (Å²) in [5.74, 6) is -0.0328. The highest BCUT2D eigenvalue weighted by Gasteiger charge is 2.47. The van der Waals surface area contributed by atoms with Gasteiger partial charge in [-0.15, -0.1) is 0 Å². The van der Waals surface area contributed by atoms with Crippen LogP contribution in [0.3, 0.4) is 0 Å². The van der Waals surface area contributed by atoms with Crippen molar-refractivity contribution in [2.75, 3.05) is 26.3 Å². The minimum absolute atomic E-state index is 0.0676. The topological polar surface area (TPSA) is 117 Å². The Kier molecular flexibility index (Phi) is 5.71. The molecule has 10 nitrogen and oxygen atoms in total. The van der Waals surface area contributed by atoms with Crippen molar-refractivity contribution in [1.82, 2.24) is 24.9 Å². The number of aliphatic hydroxyl groups is 1. The molecule has 4 aliphatic heterocycles. The molecule has 1 aromatic heterocycles. The Bertz CT molecular complexity index is 1510. The smallest absolute Gasteiger partial charge is 0.255 e. The number of ether oxygens (including phenoxy) is 1. The van der Waals surface area contributed by atoms with E-state index in [0.29, 0.717) is 31.7 Å². The molecular weight excluding hydrogens is 498 g/mol. The van der Waals surface area contributed by atoms with Crippen molar-refractivity contribution in [3.63, 3.8) is 0 Å². The second kappa shape index (κ2) is 9.17. The summed E-state index contributed by atoms with van der Waals surface area (Å²) in [6.07, 6.45) is 4.40. The van der Waals surface area contributed by atoms with Gasteiger partial charge in [-0.3, -0.25) is 29.3 Å². The Balaban J connectivity index is 1.05. The van der Waals surface area contributed by atoms with E-state index in [1.165, 1.54) is 11.1 Å². The van der Waals surface area contributed by atoms with Gasteiger partial charge in [0.2, 0.25) is 11.8 Å². The summed E-state index contributed by atoms with van der Waals surface area (Å²) in [4.78, 5) is 41.3. The average Bonchev–Trinajstić information content (AvgIpc) is 3.60. The number of carbonyl (C=O) groups is 3. The summed E-state index contributed by atoms with van der Waals surface area (Å²) in [7, 11) is 0. The van der Waals surface area contributed by atoms with E-state index >= 15 is 0 Å². The minimum Gasteiger partial charge on any atom is -0.492 e. The first-order valence-electron chi connectivity index (χ1n) is 13.7. The fraction of sp³-hybridized carbons (Fsp3) is 0.448. The molecule has 3 aromatic rings. The molecule has 2 saturated heterocycles. The van der Waals surface area contributed by atoms with Crippen molar-refractivity contribution in [3.05, 3.63) is 58.8 Å². The summed E-state index contributed by atoms with van der Waals surface area (Å²) in [5, 5.41) is 17.1. The van der Waals surface area contributed by atoms with Crippen LogP contribution < -0.4 is 10.1 Å². The third-order valence-corrected chi connectivity index (χ3v) is 8.97. The van der Waals surface area contributed by atoms with Gasteiger partial charge in [0.1, 0.15) is 11.8 Å². The van der Waals surface area contributed by atoms with Crippen LogP contribution in [-0.4, -0.2) is 74.8 Å². The van der Waals surface area contributed by atoms with Gasteiger partial charge in [0.15, 0.2) is 0 Å². The van der Waals surface area contributed by atoms with Gasteiger partial charge < -0.3 is 14.7 Å². The zero-order valence-electron chi connectivity index (χ0n) is 21.7. The minimum atomic E-state index is -0.625. The summed E-state index contributed by atoms with van der Waals surface area (Å²) in [5.41, 5.74) is 4.86. The number of piperidine rings is 2. The predicted octanol–water partition coefficient (Wildman–Crippen LogP) is 1.72. The van der Waals surface area contributed by atoms with Crippen molar-refractivity contribution in [2.24, 2.45) is 0 Å². The SMILES string of the molecule is O=C1CCC(N2Cc3c(ccc4c3OCC43CCN(Cc4ccc5c(cnn5CCO)c4)CC3)C2=O)C(=O)N1. The van der Waals surface area contributed by atoms with Crippen molar-refractivity contribution < 1.29 is 24.2 Å². The van der Waals surface area contributed by atoms with Crippen LogP contribution in [0.25, 0.3) is 10.9 Å². The van der Waals surface area contributed by atoms with Crippen molar-refractivity contribution in [2.45, 2.75) is 56.8 Å². The van der Waals surface area contributed by atoms with Gasteiger partial charge in [0, 0.05) is 40.5 Å². The number of benzene rings is 2. The third-order valence-electron chi connectivity index (χ3n) is 8.97. The number of imide groups is 1. The molecule has 0 bridgehead atoms. The maximum atomic E-state index is 13.2. The maximum Gasteiger partial charge on any atom is 0.255 e. The van der Waals surface area contributed by atoms with E-state index in [1.807, 2.05) is 16.9 Å². The van der Waals surface area contributed by atoms with Crippen molar-refractivity contribution in [3.8, 4) is 5.75 Å². The lowest BCUT2D eigenvalue weighted by Gasteiger charge is -2.38. The molecule has 2 fully saturated rings. The van der Waals surface area contributed by atoms with E-state index in [-0.39, 0.29) is 30.3 Å². The van der Waals surface area contributed by atoms with E-state index < -0.39 is 11.9 Å². The molecular formula is C29H31N5O5. The number of amides is 3. The molecule has 7 rings (SSSR count). The molecule has 4 aliphatic rings. The summed E-state index contributed by atoms with van der Waals surface area (Å²) >= 11 is 0. The Morgan fingerprint density at radius 2 is 1.97 bits per heavy atom. The largest absolute Gasteiger partial charge is 0.492 e. The molecule has 1 atom stereocenters. The molecule has 0 aliphatic carbocycles. The normalized spacial score (nSPS) is 22.3. The van der Waals surface area contributed by atoms with Gasteiger partial charge in [-0.2, -0.15) is 5.10 Å². The van der Waals surface area contributed by atoms with Gasteiger partial charge >= 0.3 is 0 Å². The Morgan fingerprint density at radius 1 is 1.13 bits per heavy atom. The number of carbonyl (C=O) groups excluding carboxylic acids is 3. The Hall–Kier alpha value is -3.76. The molecule has 1 spiro atoms. The number of hydrogen-bond donors (Lipinski definition) is 2. The second-order valence-electron chi connectivity index (χ2n) is 11.2. The van der Waals surface area contributed by atoms with E-state index in [2.05, 4.69) is 39.6 Å². The quantitative estimate of drug-likeness (QED) is 0.484. The molecule has 202 valence electrons. The van der Waals surface area contributed by atoms with Gasteiger partial charge in [-0.25, -0.2) is 0 Å². The second-order valence-corrected chi connectivity index (χ2v) is 11.2. The molecule has 5 heterocycles. The highest BCUT2D eigenvalue weighted by atomic mass is 16.5. The summed E-state index contributed by atoms with van der Waals surface area (Å²) in [6, 6.07) is 9.74. The summed E-state index contributed by atoms with van der Waals surface area (Å²) < 4.78 is 8.14. The highest BCUT2D eigenvalue weighted by Crippen LogP contribution is 2.49. The van der Waals surface area contributed by atoms with Crippen LogP contribution >= 0.6 is 0 Å². The lowest BCUT2D eigenvalue weighted by Crippen LogP contribution is -2.52. The van der Waals surface area contributed by atoms with E-state index in [1.54, 1.807) is 4.90 Å². The van der Waals surface area contributed by atoms with Crippen LogP contribution in [0.2, 0.25) is 0 Å². The van der Waals surface area contributed by atoms with Crippen LogP contribution in [0.1, 0.15) is 52.7 Å². The molecule has 1 unspecified atom stereocenters. The zero-order valence-corrected chi connectivity index (χ0v) is 21.7. The molecule has 3 amide bonds. The number of fused-ring (bicyclic) bond motifs is 5. The predicted molar refractivity (Wildman–Crippen MR) is 141 cm³/mol. The zero-order chi connectivity index (χ0) is 26.7. The Morgan fingerprint density at radius 3 is 2.77 bits per heavy atom. The van der Waals surface area contributed by atoms with Gasteiger partial charge in [-0.1, -0.05) is 12.1 Å². The molecule has 2 aromatic carbocycles. The number of likely N-dealkylation sites (tertiary alicyclic amines) is 1. The Labute approximate surface area is 225 Å². The van der Waals surface area contributed by atoms with Gasteiger partial charge in [0.05, 0.1) is 38.0 Å². The molecule has 0 radical (unpaired) electrons. The lowest BCUT2D eigenvalue weighted by molar-refractivity contribution is -0.136. The van der Waals surface area contributed by atoms with Gasteiger partial charge in [-0.05, 0) is 56.1 Å². The molecule has 0 saturated carbocycles. The average molecular weight is 530 g/mol. The number of nitrogens with one attached hydrogen (secondary N) is 1. The lowest BCUT2D eigenvalue weighted by atomic mass is 9.74. The highest BCUT2D eigenvalue weighted by molar-refractivity contribution is 6.05. The van der Waals surface area contributed by atoms with Crippen LogP contribution in [0.15, 0.2) is 36.5 Å². The van der Waals surface area contributed by atoms with Crippen molar-refractivity contribution >= 4 is 28.6 Å². The molecule has 10 heteroatoms.